The van der Waals surface area contributed by atoms with Crippen LogP contribution >= 0.6 is 0 Å². The maximum absolute atomic E-state index is 11.0. The maximum atomic E-state index is 11.0. The van der Waals surface area contributed by atoms with Crippen LogP contribution < -0.4 is 0 Å². The number of methoxy groups -OCH3 is 1. The van der Waals surface area contributed by atoms with Crippen LogP contribution in [0.2, 0.25) is 0 Å². The lowest BCUT2D eigenvalue weighted by Gasteiger charge is -2.01. The van der Waals surface area contributed by atoms with E-state index < -0.39 is 6.09 Å². The number of fused-ring (bicyclic) bond motifs is 1. The number of benzene rings is 1. The van der Waals surface area contributed by atoms with Gasteiger partial charge >= 0.3 is 6.09 Å². The van der Waals surface area contributed by atoms with Crippen LogP contribution in [0.4, 0.5) is 4.79 Å². The molecular weight excluding hydrogens is 196 g/mol. The summed E-state index contributed by atoms with van der Waals surface area (Å²) in [5.41, 5.74) is 1.24. The van der Waals surface area contributed by atoms with Gasteiger partial charge in [-0.2, -0.15) is 0 Å². The number of hydrogen-bond donors (Lipinski definition) is 1. The van der Waals surface area contributed by atoms with Crippen LogP contribution in [0.25, 0.3) is 11.0 Å². The molecule has 0 atom stereocenters. The van der Waals surface area contributed by atoms with E-state index in [4.69, 9.17) is 9.84 Å². The fourth-order valence-electron chi connectivity index (χ4n) is 1.52. The molecule has 5 heteroatoms. The van der Waals surface area contributed by atoms with E-state index in [2.05, 4.69) is 4.98 Å². The number of imidazole rings is 1. The van der Waals surface area contributed by atoms with Crippen LogP contribution in [0.1, 0.15) is 5.82 Å². The fraction of sp³-hybridized carbons (Fsp3) is 0.200. The van der Waals surface area contributed by atoms with Gasteiger partial charge in [0.15, 0.2) is 0 Å². The van der Waals surface area contributed by atoms with Crippen LogP contribution in [-0.4, -0.2) is 27.9 Å². The number of rotatable bonds is 2. The molecule has 78 valence electrons. The number of ether oxygens (including phenoxy) is 1. The SMILES string of the molecule is COCc1nc2ccccc2n1C(=O)O. The normalized spacial score (nSPS) is 10.7. The highest BCUT2D eigenvalue weighted by Gasteiger charge is 2.14. The molecule has 0 aliphatic heterocycles. The highest BCUT2D eigenvalue weighted by Crippen LogP contribution is 2.15. The van der Waals surface area contributed by atoms with E-state index in [0.717, 1.165) is 4.57 Å². The zero-order valence-electron chi connectivity index (χ0n) is 8.17. The van der Waals surface area contributed by atoms with E-state index in [1.165, 1.54) is 7.11 Å². The first kappa shape index (κ1) is 9.67. The lowest BCUT2D eigenvalue weighted by Crippen LogP contribution is -2.12. The monoisotopic (exact) mass is 206 g/mol. The zero-order chi connectivity index (χ0) is 10.8. The van der Waals surface area contributed by atoms with Crippen LogP contribution in [0.5, 0.6) is 0 Å². The van der Waals surface area contributed by atoms with Gasteiger partial charge in [-0.1, -0.05) is 12.1 Å². The molecule has 15 heavy (non-hydrogen) atoms. The predicted octanol–water partition coefficient (Wildman–Crippen LogP) is 1.71. The van der Waals surface area contributed by atoms with Crippen LogP contribution in [-0.2, 0) is 11.3 Å². The summed E-state index contributed by atoms with van der Waals surface area (Å²) in [6, 6.07) is 7.09. The number of para-hydroxylation sites is 2. The number of carboxylic acid groups (broad SMARTS) is 1. The summed E-state index contributed by atoms with van der Waals surface area (Å²) in [5, 5.41) is 9.05. The predicted molar refractivity (Wildman–Crippen MR) is 53.9 cm³/mol. The minimum Gasteiger partial charge on any atom is -0.464 e. The molecule has 0 bridgehead atoms. The molecule has 0 aliphatic carbocycles. The molecule has 2 rings (SSSR count). The van der Waals surface area contributed by atoms with E-state index in [-0.39, 0.29) is 6.61 Å². The van der Waals surface area contributed by atoms with Crippen LogP contribution in [0.15, 0.2) is 24.3 Å². The highest BCUT2D eigenvalue weighted by molar-refractivity contribution is 5.86. The first-order valence-electron chi connectivity index (χ1n) is 4.42. The van der Waals surface area contributed by atoms with Crippen molar-refractivity contribution < 1.29 is 14.6 Å². The van der Waals surface area contributed by atoms with E-state index in [9.17, 15) is 4.79 Å². The highest BCUT2D eigenvalue weighted by atomic mass is 16.5. The Balaban J connectivity index is 2.69. The van der Waals surface area contributed by atoms with Gasteiger partial charge < -0.3 is 9.84 Å². The Kier molecular flexibility index (Phi) is 2.39. The van der Waals surface area contributed by atoms with Gasteiger partial charge in [0.05, 0.1) is 11.0 Å². The Hall–Kier alpha value is -1.88. The topological polar surface area (TPSA) is 64.4 Å². The van der Waals surface area contributed by atoms with E-state index >= 15 is 0 Å². The van der Waals surface area contributed by atoms with E-state index in [1.54, 1.807) is 18.2 Å². The van der Waals surface area contributed by atoms with Crippen molar-refractivity contribution in [1.29, 1.82) is 0 Å². The van der Waals surface area contributed by atoms with Gasteiger partial charge in [0.25, 0.3) is 0 Å². The molecule has 0 radical (unpaired) electrons. The molecular formula is C10H10N2O3. The molecule has 0 saturated heterocycles. The van der Waals surface area contributed by atoms with Gasteiger partial charge in [0.1, 0.15) is 12.4 Å². The number of nitrogens with zero attached hydrogens (tertiary/aromatic N) is 2. The summed E-state index contributed by atoms with van der Waals surface area (Å²) in [5.74, 6) is 0.395. The van der Waals surface area contributed by atoms with Gasteiger partial charge in [0.2, 0.25) is 0 Å². The Morgan fingerprint density at radius 3 is 2.93 bits per heavy atom. The molecule has 0 saturated carbocycles. The van der Waals surface area contributed by atoms with Gasteiger partial charge in [-0.25, -0.2) is 14.3 Å². The van der Waals surface area contributed by atoms with Gasteiger partial charge in [-0.3, -0.25) is 0 Å². The van der Waals surface area contributed by atoms with Crippen molar-refractivity contribution in [3.05, 3.63) is 30.1 Å². The molecule has 1 aromatic carbocycles. The molecule has 0 amide bonds. The summed E-state index contributed by atoms with van der Waals surface area (Å²) in [6.07, 6.45) is -1.05. The summed E-state index contributed by atoms with van der Waals surface area (Å²) in [6.45, 7) is 0.182. The molecule has 1 aromatic heterocycles. The Bertz CT molecular complexity index is 504. The van der Waals surface area contributed by atoms with Crippen molar-refractivity contribution >= 4 is 17.1 Å². The van der Waals surface area contributed by atoms with E-state index in [0.29, 0.717) is 16.9 Å². The second-order valence-electron chi connectivity index (χ2n) is 3.07. The molecule has 0 fully saturated rings. The van der Waals surface area contributed by atoms with Crippen molar-refractivity contribution in [2.24, 2.45) is 0 Å². The second kappa shape index (κ2) is 3.70. The quantitative estimate of drug-likeness (QED) is 0.812. The molecule has 0 spiro atoms. The average Bonchev–Trinajstić information content (AvgIpc) is 2.56. The summed E-state index contributed by atoms with van der Waals surface area (Å²) >= 11 is 0. The van der Waals surface area contributed by atoms with E-state index in [1.807, 2.05) is 6.07 Å². The van der Waals surface area contributed by atoms with Crippen molar-refractivity contribution in [2.75, 3.05) is 7.11 Å². The largest absolute Gasteiger partial charge is 0.464 e. The van der Waals surface area contributed by atoms with Crippen molar-refractivity contribution in [3.63, 3.8) is 0 Å². The van der Waals surface area contributed by atoms with Crippen molar-refractivity contribution in [2.45, 2.75) is 6.61 Å². The molecule has 1 N–H and O–H groups in total. The van der Waals surface area contributed by atoms with Gasteiger partial charge in [-0.05, 0) is 12.1 Å². The first-order valence-corrected chi connectivity index (χ1v) is 4.42. The number of aromatic nitrogens is 2. The lowest BCUT2D eigenvalue weighted by atomic mass is 10.3. The Labute approximate surface area is 85.9 Å². The minimum absolute atomic E-state index is 0.182. The number of carbonyl (C=O) groups is 1. The standard InChI is InChI=1S/C10H10N2O3/c1-15-6-9-11-7-4-2-3-5-8(7)12(9)10(13)14/h2-5H,6H2,1H3,(H,13,14). The third-order valence-corrected chi connectivity index (χ3v) is 2.09. The minimum atomic E-state index is -1.05. The number of hydrogen-bond acceptors (Lipinski definition) is 3. The van der Waals surface area contributed by atoms with Crippen molar-refractivity contribution in [3.8, 4) is 0 Å². The second-order valence-corrected chi connectivity index (χ2v) is 3.07. The Morgan fingerprint density at radius 2 is 2.27 bits per heavy atom. The third-order valence-electron chi connectivity index (χ3n) is 2.09. The van der Waals surface area contributed by atoms with Crippen molar-refractivity contribution in [1.82, 2.24) is 9.55 Å². The first-order chi connectivity index (χ1) is 7.24. The van der Waals surface area contributed by atoms with Crippen LogP contribution in [0.3, 0.4) is 0 Å². The van der Waals surface area contributed by atoms with Gasteiger partial charge in [-0.15, -0.1) is 0 Å². The fourth-order valence-corrected chi connectivity index (χ4v) is 1.52. The van der Waals surface area contributed by atoms with Gasteiger partial charge in [0, 0.05) is 7.11 Å². The van der Waals surface area contributed by atoms with Crippen LogP contribution in [0, 0.1) is 0 Å². The summed E-state index contributed by atoms with van der Waals surface area (Å²) in [4.78, 5) is 15.2. The lowest BCUT2D eigenvalue weighted by molar-refractivity contribution is 0.168. The maximum Gasteiger partial charge on any atom is 0.417 e. The molecule has 2 aromatic rings. The zero-order valence-corrected chi connectivity index (χ0v) is 8.17. The smallest absolute Gasteiger partial charge is 0.417 e. The molecule has 0 aliphatic rings. The molecule has 0 unspecified atom stereocenters. The third kappa shape index (κ3) is 1.57. The average molecular weight is 206 g/mol. The Morgan fingerprint density at radius 1 is 1.53 bits per heavy atom. The summed E-state index contributed by atoms with van der Waals surface area (Å²) < 4.78 is 6.04. The molecule has 5 nitrogen and oxygen atoms in total. The summed E-state index contributed by atoms with van der Waals surface area (Å²) in [7, 11) is 1.51. The molecule has 1 heterocycles.